The van der Waals surface area contributed by atoms with Crippen molar-refractivity contribution in [2.75, 3.05) is 26.3 Å². The number of hydrogen-bond donors (Lipinski definition) is 4. The molecule has 0 aliphatic rings. The van der Waals surface area contributed by atoms with Gasteiger partial charge in [0.1, 0.15) is 23.4 Å². The topological polar surface area (TPSA) is 154 Å². The molecule has 4 N–H and O–H groups in total. The molecule has 0 aromatic heterocycles. The van der Waals surface area contributed by atoms with Gasteiger partial charge in [0.2, 0.25) is 11.8 Å². The number of ether oxygens (including phenoxy) is 2. The molecule has 0 heterocycles. The van der Waals surface area contributed by atoms with Gasteiger partial charge in [0, 0.05) is 13.1 Å². The van der Waals surface area contributed by atoms with Crippen molar-refractivity contribution in [3.05, 3.63) is 29.8 Å². The number of rotatable bonds is 13. The highest BCUT2D eigenvalue weighted by molar-refractivity contribution is 5.92. The first-order chi connectivity index (χ1) is 17.3. The fraction of sp³-hybridized carbons (Fsp3) is 0.615. The third-order valence-corrected chi connectivity index (χ3v) is 5.02. The van der Waals surface area contributed by atoms with Gasteiger partial charge in [0.15, 0.2) is 0 Å². The van der Waals surface area contributed by atoms with Crippen LogP contribution >= 0.6 is 0 Å². The number of benzene rings is 1. The average Bonchev–Trinajstić information content (AvgIpc) is 2.77. The minimum atomic E-state index is -1.21. The van der Waals surface area contributed by atoms with Crippen LogP contribution in [0.3, 0.4) is 0 Å². The van der Waals surface area contributed by atoms with Crippen LogP contribution in [0, 0.1) is 5.92 Å². The molecule has 0 fully saturated rings. The summed E-state index contributed by atoms with van der Waals surface area (Å²) in [6.45, 7) is 10.1. The summed E-state index contributed by atoms with van der Waals surface area (Å²) in [6.07, 6.45) is -0.589. The number of amides is 3. The van der Waals surface area contributed by atoms with E-state index < -0.39 is 48.2 Å². The zero-order valence-electron chi connectivity index (χ0n) is 22.6. The van der Waals surface area contributed by atoms with E-state index in [0.717, 1.165) is 0 Å². The van der Waals surface area contributed by atoms with Crippen LogP contribution in [0.25, 0.3) is 0 Å². The van der Waals surface area contributed by atoms with E-state index in [2.05, 4.69) is 10.6 Å². The smallest absolute Gasteiger partial charge is 0.408 e. The van der Waals surface area contributed by atoms with Gasteiger partial charge in [-0.15, -0.1) is 0 Å². The number of phenols is 1. The van der Waals surface area contributed by atoms with Crippen LogP contribution in [0.15, 0.2) is 24.3 Å². The van der Waals surface area contributed by atoms with E-state index in [9.17, 15) is 29.4 Å². The van der Waals surface area contributed by atoms with Gasteiger partial charge in [-0.1, -0.05) is 26.0 Å². The quantitative estimate of drug-likeness (QED) is 0.287. The molecular weight excluding hydrogens is 482 g/mol. The number of alkyl carbamates (subject to hydrolysis) is 1. The number of esters is 1. The predicted molar refractivity (Wildman–Crippen MR) is 137 cm³/mol. The molecule has 0 aliphatic carbocycles. The number of aliphatic hydroxyl groups excluding tert-OH is 1. The first kappa shape index (κ1) is 31.7. The molecule has 11 heteroatoms. The second-order valence-corrected chi connectivity index (χ2v) is 9.92. The van der Waals surface area contributed by atoms with Crippen molar-refractivity contribution in [1.82, 2.24) is 15.5 Å². The third kappa shape index (κ3) is 11.5. The number of carbonyl (C=O) groups is 4. The summed E-state index contributed by atoms with van der Waals surface area (Å²) in [6, 6.07) is 3.48. The fourth-order valence-corrected chi connectivity index (χ4v) is 3.56. The lowest BCUT2D eigenvalue weighted by atomic mass is 9.99. The Hall–Kier alpha value is -3.34. The Balaban J connectivity index is 3.32. The van der Waals surface area contributed by atoms with Crippen LogP contribution in [0.1, 0.15) is 66.0 Å². The molecule has 208 valence electrons. The maximum atomic E-state index is 13.8. The molecule has 37 heavy (non-hydrogen) atoms. The zero-order chi connectivity index (χ0) is 28.2. The molecule has 0 saturated carbocycles. The largest absolute Gasteiger partial charge is 0.508 e. The number of phenolic OH excluding ortho intramolecular Hbond substituents is 1. The molecule has 1 aromatic carbocycles. The van der Waals surface area contributed by atoms with Gasteiger partial charge in [-0.3, -0.25) is 14.4 Å². The number of aromatic hydroxyl groups is 1. The fourth-order valence-electron chi connectivity index (χ4n) is 3.56. The number of aliphatic hydroxyl groups is 1. The van der Waals surface area contributed by atoms with Crippen molar-refractivity contribution in [2.45, 2.75) is 72.1 Å². The van der Waals surface area contributed by atoms with Crippen molar-refractivity contribution >= 4 is 23.9 Å². The number of nitrogens with one attached hydrogen (secondary N) is 2. The molecule has 0 radical (unpaired) electrons. The third-order valence-electron chi connectivity index (χ3n) is 5.02. The van der Waals surface area contributed by atoms with E-state index in [-0.39, 0.29) is 44.2 Å². The SMILES string of the molecule is CCOC(=O)CCNC(=O)C(c1ccc(O)cc1)N(CCO)C(=O)C(CC(C)C)NC(=O)OC(C)(C)C. The van der Waals surface area contributed by atoms with Gasteiger partial charge >= 0.3 is 12.1 Å². The Bertz CT molecular complexity index is 896. The molecule has 2 atom stereocenters. The van der Waals surface area contributed by atoms with Crippen LogP contribution in [-0.4, -0.2) is 76.9 Å². The van der Waals surface area contributed by atoms with E-state index in [1.165, 1.54) is 29.2 Å². The van der Waals surface area contributed by atoms with Crippen molar-refractivity contribution < 1.29 is 38.9 Å². The van der Waals surface area contributed by atoms with Crippen LogP contribution < -0.4 is 10.6 Å². The molecule has 11 nitrogen and oxygen atoms in total. The molecule has 3 amide bonds. The second-order valence-electron chi connectivity index (χ2n) is 9.92. The Morgan fingerprint density at radius 3 is 2.22 bits per heavy atom. The Labute approximate surface area is 218 Å². The molecule has 0 spiro atoms. The summed E-state index contributed by atoms with van der Waals surface area (Å²) in [7, 11) is 0. The summed E-state index contributed by atoms with van der Waals surface area (Å²) < 4.78 is 10.2. The maximum absolute atomic E-state index is 13.8. The number of hydrogen-bond acceptors (Lipinski definition) is 8. The molecule has 0 aliphatic heterocycles. The first-order valence-corrected chi connectivity index (χ1v) is 12.4. The van der Waals surface area contributed by atoms with E-state index in [1.807, 2.05) is 13.8 Å². The van der Waals surface area contributed by atoms with E-state index in [1.54, 1.807) is 27.7 Å². The summed E-state index contributed by atoms with van der Waals surface area (Å²) >= 11 is 0. The van der Waals surface area contributed by atoms with Crippen LogP contribution in [0.5, 0.6) is 5.75 Å². The Morgan fingerprint density at radius 1 is 1.08 bits per heavy atom. The van der Waals surface area contributed by atoms with Crippen molar-refractivity contribution in [3.8, 4) is 5.75 Å². The summed E-state index contributed by atoms with van der Waals surface area (Å²) in [4.78, 5) is 52.5. The molecular formula is C26H41N3O8. The maximum Gasteiger partial charge on any atom is 0.408 e. The highest BCUT2D eigenvalue weighted by atomic mass is 16.6. The minimum Gasteiger partial charge on any atom is -0.508 e. The average molecular weight is 524 g/mol. The van der Waals surface area contributed by atoms with Crippen LogP contribution in [0.4, 0.5) is 4.79 Å². The highest BCUT2D eigenvalue weighted by Gasteiger charge is 2.36. The number of nitrogens with zero attached hydrogens (tertiary/aromatic N) is 1. The normalized spacial score (nSPS) is 12.9. The summed E-state index contributed by atoms with van der Waals surface area (Å²) in [5, 5.41) is 24.7. The lowest BCUT2D eigenvalue weighted by Crippen LogP contribution is -2.54. The predicted octanol–water partition coefficient (Wildman–Crippen LogP) is 2.26. The molecule has 0 bridgehead atoms. The van der Waals surface area contributed by atoms with Gasteiger partial charge in [0.05, 0.1) is 19.6 Å². The highest BCUT2D eigenvalue weighted by Crippen LogP contribution is 2.25. The minimum absolute atomic E-state index is 0.00499. The van der Waals surface area contributed by atoms with E-state index in [4.69, 9.17) is 9.47 Å². The molecule has 2 unspecified atom stereocenters. The molecule has 1 aromatic rings. The van der Waals surface area contributed by atoms with Gasteiger partial charge in [-0.05, 0) is 57.7 Å². The standard InChI is InChI=1S/C26H41N3O8/c1-7-36-21(32)12-13-27-23(33)22(18-8-10-19(31)11-9-18)29(14-15-30)24(34)20(16-17(2)3)28-25(35)37-26(4,5)6/h8-11,17,20,22,30-31H,7,12-16H2,1-6H3,(H,27,33)(H,28,35). The van der Waals surface area contributed by atoms with Gasteiger partial charge in [-0.25, -0.2) is 4.79 Å². The molecule has 0 saturated heterocycles. The van der Waals surface area contributed by atoms with Crippen molar-refractivity contribution in [1.29, 1.82) is 0 Å². The van der Waals surface area contributed by atoms with Gasteiger partial charge in [-0.2, -0.15) is 0 Å². The summed E-state index contributed by atoms with van der Waals surface area (Å²) in [5.41, 5.74) is -0.415. The lowest BCUT2D eigenvalue weighted by Gasteiger charge is -2.34. The monoisotopic (exact) mass is 523 g/mol. The van der Waals surface area contributed by atoms with Crippen molar-refractivity contribution in [3.63, 3.8) is 0 Å². The molecule has 1 rings (SSSR count). The number of carbonyl (C=O) groups excluding carboxylic acids is 4. The van der Waals surface area contributed by atoms with Gasteiger partial charge in [0.25, 0.3) is 0 Å². The summed E-state index contributed by atoms with van der Waals surface area (Å²) in [5.74, 6) is -1.70. The van der Waals surface area contributed by atoms with Crippen molar-refractivity contribution in [2.24, 2.45) is 5.92 Å². The lowest BCUT2D eigenvalue weighted by molar-refractivity contribution is -0.144. The van der Waals surface area contributed by atoms with E-state index in [0.29, 0.717) is 5.56 Å². The van der Waals surface area contributed by atoms with Crippen LogP contribution in [0.2, 0.25) is 0 Å². The first-order valence-electron chi connectivity index (χ1n) is 12.4. The second kappa shape index (κ2) is 15.0. The van der Waals surface area contributed by atoms with E-state index >= 15 is 0 Å². The van der Waals surface area contributed by atoms with Crippen LogP contribution in [-0.2, 0) is 23.9 Å². The van der Waals surface area contributed by atoms with Gasteiger partial charge < -0.3 is 35.2 Å². The Kier molecular flexibility index (Phi) is 12.9. The zero-order valence-corrected chi connectivity index (χ0v) is 22.6. The Morgan fingerprint density at radius 2 is 1.70 bits per heavy atom.